The summed E-state index contributed by atoms with van der Waals surface area (Å²) in [6, 6.07) is 8.52. The van der Waals surface area contributed by atoms with Crippen LogP contribution in [0, 0.1) is 0 Å². The number of aryl methyl sites for hydroxylation is 1. The summed E-state index contributed by atoms with van der Waals surface area (Å²) in [5.41, 5.74) is 2.71. The van der Waals surface area contributed by atoms with Gasteiger partial charge in [0.2, 0.25) is 5.91 Å². The molecular weight excluding hydrogens is 222 g/mol. The lowest BCUT2D eigenvalue weighted by Crippen LogP contribution is -2.23. The van der Waals surface area contributed by atoms with E-state index in [0.29, 0.717) is 13.0 Å². The van der Waals surface area contributed by atoms with Crippen molar-refractivity contribution in [2.45, 2.75) is 39.0 Å². The van der Waals surface area contributed by atoms with Gasteiger partial charge < -0.3 is 5.32 Å². The van der Waals surface area contributed by atoms with Crippen molar-refractivity contribution in [1.29, 1.82) is 0 Å². The summed E-state index contributed by atoms with van der Waals surface area (Å²) in [4.78, 5) is 11.4. The Hall–Kier alpha value is -1.57. The van der Waals surface area contributed by atoms with Gasteiger partial charge in [-0.3, -0.25) is 4.79 Å². The quantitative estimate of drug-likeness (QED) is 0.793. The van der Waals surface area contributed by atoms with E-state index in [9.17, 15) is 4.79 Å². The molecule has 0 bridgehead atoms. The Morgan fingerprint density at radius 2 is 1.89 bits per heavy atom. The number of hydrogen-bond donors (Lipinski definition) is 1. The van der Waals surface area contributed by atoms with Gasteiger partial charge in [0.15, 0.2) is 0 Å². The lowest BCUT2D eigenvalue weighted by molar-refractivity contribution is -0.120. The van der Waals surface area contributed by atoms with Crippen molar-refractivity contribution < 1.29 is 4.79 Å². The molecule has 98 valence electrons. The number of hydrogen-bond acceptors (Lipinski definition) is 1. The maximum absolute atomic E-state index is 11.4. The summed E-state index contributed by atoms with van der Waals surface area (Å²) in [5, 5.41) is 2.78. The van der Waals surface area contributed by atoms with Gasteiger partial charge in [0.1, 0.15) is 0 Å². The van der Waals surface area contributed by atoms with E-state index in [-0.39, 0.29) is 11.3 Å². The van der Waals surface area contributed by atoms with Crippen molar-refractivity contribution in [3.05, 3.63) is 48.0 Å². The number of carbonyl (C=O) groups excluding carboxylic acids is 1. The van der Waals surface area contributed by atoms with E-state index >= 15 is 0 Å². The van der Waals surface area contributed by atoms with E-state index in [1.165, 1.54) is 11.1 Å². The highest BCUT2D eigenvalue weighted by molar-refractivity contribution is 5.76. The van der Waals surface area contributed by atoms with Crippen molar-refractivity contribution in [2.24, 2.45) is 0 Å². The second kappa shape index (κ2) is 6.39. The Labute approximate surface area is 110 Å². The normalized spacial score (nSPS) is 11.1. The van der Waals surface area contributed by atoms with Crippen LogP contribution in [-0.2, 0) is 16.6 Å². The van der Waals surface area contributed by atoms with E-state index < -0.39 is 0 Å². The Bertz CT molecular complexity index is 398. The van der Waals surface area contributed by atoms with Gasteiger partial charge in [0.25, 0.3) is 0 Å². The summed E-state index contributed by atoms with van der Waals surface area (Å²) in [7, 11) is 0. The third-order valence-electron chi connectivity index (χ3n) is 2.90. The largest absolute Gasteiger partial charge is 0.353 e. The number of amides is 1. The van der Waals surface area contributed by atoms with Gasteiger partial charge in [0.05, 0.1) is 0 Å². The van der Waals surface area contributed by atoms with E-state index in [4.69, 9.17) is 0 Å². The predicted molar refractivity (Wildman–Crippen MR) is 76.7 cm³/mol. The van der Waals surface area contributed by atoms with Gasteiger partial charge in [-0.2, -0.15) is 0 Å². The van der Waals surface area contributed by atoms with Crippen molar-refractivity contribution >= 4 is 5.91 Å². The fourth-order valence-corrected chi connectivity index (χ4v) is 1.70. The van der Waals surface area contributed by atoms with Crippen LogP contribution in [0.4, 0.5) is 0 Å². The molecule has 0 unspecified atom stereocenters. The van der Waals surface area contributed by atoms with E-state index in [1.807, 2.05) is 0 Å². The SMILES string of the molecule is C=CCNC(=O)CCc1ccc(C(C)(C)C)cc1. The maximum atomic E-state index is 11.4. The molecule has 1 rings (SSSR count). The van der Waals surface area contributed by atoms with Crippen LogP contribution in [0.25, 0.3) is 0 Å². The first-order valence-electron chi connectivity index (χ1n) is 6.40. The van der Waals surface area contributed by atoms with Crippen LogP contribution in [0.3, 0.4) is 0 Å². The molecular formula is C16H23NO. The molecule has 2 heteroatoms. The zero-order valence-corrected chi connectivity index (χ0v) is 11.6. The average Bonchev–Trinajstić information content (AvgIpc) is 2.33. The van der Waals surface area contributed by atoms with Gasteiger partial charge >= 0.3 is 0 Å². The molecule has 0 aliphatic carbocycles. The van der Waals surface area contributed by atoms with Crippen LogP contribution in [-0.4, -0.2) is 12.5 Å². The first kappa shape index (κ1) is 14.5. The van der Waals surface area contributed by atoms with Crippen LogP contribution < -0.4 is 5.32 Å². The minimum Gasteiger partial charge on any atom is -0.353 e. The highest BCUT2D eigenvalue weighted by Crippen LogP contribution is 2.22. The fourth-order valence-electron chi connectivity index (χ4n) is 1.70. The second-order valence-corrected chi connectivity index (χ2v) is 5.54. The summed E-state index contributed by atoms with van der Waals surface area (Å²) in [6.07, 6.45) is 3.01. The monoisotopic (exact) mass is 245 g/mol. The Morgan fingerprint density at radius 1 is 1.28 bits per heavy atom. The molecule has 0 spiro atoms. The Balaban J connectivity index is 2.49. The minimum absolute atomic E-state index is 0.0785. The molecule has 1 aromatic rings. The molecule has 18 heavy (non-hydrogen) atoms. The standard InChI is InChI=1S/C16H23NO/c1-5-12-17-15(18)11-8-13-6-9-14(10-7-13)16(2,3)4/h5-7,9-10H,1,8,11-12H2,2-4H3,(H,17,18). The summed E-state index contributed by atoms with van der Waals surface area (Å²) in [5.74, 6) is 0.0785. The van der Waals surface area contributed by atoms with E-state index in [2.05, 4.69) is 56.9 Å². The topological polar surface area (TPSA) is 29.1 Å². The van der Waals surface area contributed by atoms with Gasteiger partial charge in [-0.15, -0.1) is 6.58 Å². The van der Waals surface area contributed by atoms with Crippen molar-refractivity contribution in [3.8, 4) is 0 Å². The van der Waals surface area contributed by atoms with E-state index in [1.54, 1.807) is 6.08 Å². The van der Waals surface area contributed by atoms with Gasteiger partial charge in [0, 0.05) is 13.0 Å². The third kappa shape index (κ3) is 4.74. The first-order chi connectivity index (χ1) is 8.43. The van der Waals surface area contributed by atoms with Gasteiger partial charge in [-0.05, 0) is 23.0 Å². The highest BCUT2D eigenvalue weighted by Gasteiger charge is 2.12. The molecule has 0 fully saturated rings. The molecule has 0 saturated carbocycles. The molecule has 1 aromatic carbocycles. The second-order valence-electron chi connectivity index (χ2n) is 5.54. The van der Waals surface area contributed by atoms with Gasteiger partial charge in [-0.25, -0.2) is 0 Å². The van der Waals surface area contributed by atoms with Crippen LogP contribution in [0.2, 0.25) is 0 Å². The lowest BCUT2D eigenvalue weighted by atomic mass is 9.86. The van der Waals surface area contributed by atoms with Crippen LogP contribution in [0.15, 0.2) is 36.9 Å². The number of benzene rings is 1. The summed E-state index contributed by atoms with van der Waals surface area (Å²) in [6.45, 7) is 10.7. The third-order valence-corrected chi connectivity index (χ3v) is 2.90. The zero-order valence-electron chi connectivity index (χ0n) is 11.6. The van der Waals surface area contributed by atoms with Crippen LogP contribution >= 0.6 is 0 Å². The van der Waals surface area contributed by atoms with Crippen molar-refractivity contribution in [1.82, 2.24) is 5.32 Å². The molecule has 1 N–H and O–H groups in total. The molecule has 0 atom stereocenters. The maximum Gasteiger partial charge on any atom is 0.220 e. The lowest BCUT2D eigenvalue weighted by Gasteiger charge is -2.19. The Kier molecular flexibility index (Phi) is 5.14. The van der Waals surface area contributed by atoms with Crippen LogP contribution in [0.5, 0.6) is 0 Å². The summed E-state index contributed by atoms with van der Waals surface area (Å²) >= 11 is 0. The zero-order chi connectivity index (χ0) is 13.6. The number of carbonyl (C=O) groups is 1. The fraction of sp³-hybridized carbons (Fsp3) is 0.438. The summed E-state index contributed by atoms with van der Waals surface area (Å²) < 4.78 is 0. The van der Waals surface area contributed by atoms with Crippen molar-refractivity contribution in [2.75, 3.05) is 6.54 Å². The Morgan fingerprint density at radius 3 is 2.39 bits per heavy atom. The molecule has 0 aliphatic heterocycles. The van der Waals surface area contributed by atoms with Crippen molar-refractivity contribution in [3.63, 3.8) is 0 Å². The highest BCUT2D eigenvalue weighted by atomic mass is 16.1. The molecule has 0 aliphatic rings. The molecule has 0 aromatic heterocycles. The molecule has 0 heterocycles. The number of nitrogens with one attached hydrogen (secondary N) is 1. The van der Waals surface area contributed by atoms with Gasteiger partial charge in [-0.1, -0.05) is 51.1 Å². The molecule has 1 amide bonds. The molecule has 0 saturated heterocycles. The van der Waals surface area contributed by atoms with E-state index in [0.717, 1.165) is 6.42 Å². The molecule has 2 nitrogen and oxygen atoms in total. The first-order valence-corrected chi connectivity index (χ1v) is 6.40. The minimum atomic E-state index is 0.0785. The average molecular weight is 245 g/mol. The predicted octanol–water partition coefficient (Wildman–Crippen LogP) is 3.22. The smallest absolute Gasteiger partial charge is 0.220 e. The van der Waals surface area contributed by atoms with Crippen LogP contribution in [0.1, 0.15) is 38.3 Å². The number of rotatable bonds is 5. The molecule has 0 radical (unpaired) electrons.